The van der Waals surface area contributed by atoms with Gasteiger partial charge in [0, 0.05) is 102 Å². The van der Waals surface area contributed by atoms with Crippen LogP contribution < -0.4 is 25.4 Å². The Morgan fingerprint density at radius 3 is 2.33 bits per heavy atom. The molecule has 1 aliphatic carbocycles. The second-order valence-electron chi connectivity index (χ2n) is 18.2. The van der Waals surface area contributed by atoms with E-state index >= 15 is 0 Å². The number of hydrogen-bond donors (Lipinski definition) is 3. The summed E-state index contributed by atoms with van der Waals surface area (Å²) in [6.45, 7) is 12.2. The van der Waals surface area contributed by atoms with Crippen LogP contribution in [0.4, 0.5) is 11.5 Å². The number of nitrogens with one attached hydrogen (secondary N) is 2. The number of amides is 1. The van der Waals surface area contributed by atoms with Gasteiger partial charge in [0.05, 0.1) is 39.6 Å². The number of aliphatic hydroxyl groups excluding tert-OH is 1. The minimum absolute atomic E-state index is 0.00741. The van der Waals surface area contributed by atoms with E-state index in [2.05, 4.69) is 56.1 Å². The predicted octanol–water partition coefficient (Wildman–Crippen LogP) is 5.16. The summed E-state index contributed by atoms with van der Waals surface area (Å²) >= 11 is 6.17. The Balaban J connectivity index is 0.657. The van der Waals surface area contributed by atoms with E-state index in [0.29, 0.717) is 53.2 Å². The van der Waals surface area contributed by atoms with Gasteiger partial charge >= 0.3 is 0 Å². The van der Waals surface area contributed by atoms with Crippen LogP contribution in [0.2, 0.25) is 5.02 Å². The minimum atomic E-state index is -0.902. The summed E-state index contributed by atoms with van der Waals surface area (Å²) in [5, 5.41) is 32.7. The molecule has 1 atom stereocenters. The van der Waals surface area contributed by atoms with Crippen LogP contribution in [0.5, 0.6) is 5.75 Å². The number of benzene rings is 1. The molecule has 0 bridgehead atoms. The zero-order chi connectivity index (χ0) is 45.6. The molecular weight excluding hydrogens is 856 g/mol. The zero-order valence-corrected chi connectivity index (χ0v) is 38.4. The first-order valence-corrected chi connectivity index (χ1v) is 23.9. The Morgan fingerprint density at radius 1 is 0.879 bits per heavy atom. The molecule has 5 aromatic rings. The lowest BCUT2D eigenvalue weighted by atomic mass is 9.92. The van der Waals surface area contributed by atoms with Crippen LogP contribution >= 0.6 is 11.6 Å². The fraction of sp³-hybridized carbons (Fsp3) is 0.490. The van der Waals surface area contributed by atoms with E-state index in [9.17, 15) is 14.7 Å². The van der Waals surface area contributed by atoms with Crippen molar-refractivity contribution >= 4 is 40.0 Å². The van der Waals surface area contributed by atoms with E-state index in [1.807, 2.05) is 60.6 Å². The highest BCUT2D eigenvalue weighted by atomic mass is 35.5. The molecule has 9 rings (SSSR count). The van der Waals surface area contributed by atoms with E-state index in [1.54, 1.807) is 18.2 Å². The number of anilines is 2. The number of hydrogen-bond acceptors (Lipinski definition) is 14. The number of pyridine rings is 3. The number of halogens is 1. The Kier molecular flexibility index (Phi) is 14.4. The average Bonchev–Trinajstić information content (AvgIpc) is 3.35. The molecule has 346 valence electrons. The van der Waals surface area contributed by atoms with Gasteiger partial charge in [-0.3, -0.25) is 29.7 Å². The predicted molar refractivity (Wildman–Crippen MR) is 254 cm³/mol. The lowest BCUT2D eigenvalue weighted by Gasteiger charge is -2.39. The number of nitriles is 1. The number of aromatic nitrogens is 5. The van der Waals surface area contributed by atoms with Crippen LogP contribution in [0.25, 0.3) is 11.0 Å². The molecule has 16 nitrogen and oxygen atoms in total. The van der Waals surface area contributed by atoms with Crippen LogP contribution in [0.3, 0.4) is 0 Å². The molecule has 1 unspecified atom stereocenters. The molecule has 3 aliphatic heterocycles. The zero-order valence-electron chi connectivity index (χ0n) is 37.6. The molecule has 4 aromatic heterocycles. The summed E-state index contributed by atoms with van der Waals surface area (Å²) in [5.74, 6) is 2.07. The molecule has 7 heterocycles. The maximum absolute atomic E-state index is 13.5. The number of aromatic amines is 1. The first kappa shape index (κ1) is 45.5. The van der Waals surface area contributed by atoms with Crippen molar-refractivity contribution in [1.82, 2.24) is 45.2 Å². The third-order valence-electron chi connectivity index (χ3n) is 13.8. The topological polar surface area (TPSA) is 183 Å². The molecule has 4 aliphatic rings. The van der Waals surface area contributed by atoms with Crippen molar-refractivity contribution in [3.05, 3.63) is 110 Å². The molecule has 1 saturated carbocycles. The van der Waals surface area contributed by atoms with Crippen LogP contribution in [-0.4, -0.2) is 135 Å². The van der Waals surface area contributed by atoms with E-state index in [0.717, 1.165) is 138 Å². The number of rotatable bonds is 13. The Bertz CT molecular complexity index is 2540. The second kappa shape index (κ2) is 20.9. The fourth-order valence-corrected chi connectivity index (χ4v) is 10.0. The third-order valence-corrected chi connectivity index (χ3v) is 14.1. The summed E-state index contributed by atoms with van der Waals surface area (Å²) in [6, 6.07) is 19.0. The molecule has 1 aromatic carbocycles. The molecular formula is C49H59ClN12O4. The molecule has 3 N–H and O–H groups in total. The van der Waals surface area contributed by atoms with Gasteiger partial charge in [0.1, 0.15) is 29.4 Å². The lowest BCUT2D eigenvalue weighted by molar-refractivity contribution is 0.0604. The smallest absolute Gasteiger partial charge is 0.272 e. The molecule has 17 heteroatoms. The van der Waals surface area contributed by atoms with Crippen molar-refractivity contribution in [2.75, 3.05) is 81.8 Å². The fourth-order valence-electron chi connectivity index (χ4n) is 9.80. The van der Waals surface area contributed by atoms with E-state index in [4.69, 9.17) is 21.6 Å². The van der Waals surface area contributed by atoms with Crippen LogP contribution in [0.1, 0.15) is 84.5 Å². The SMILES string of the molecule is CCc1cc2ncc(CN3CCN(c4ccc(C(=O)N5CCN(CC6CCN(c7ccc(C(O)NC8CCC(Oc9ccc(C#N)c(Cl)c9)CC8)nn7)CC6)CC5)nc4)CC3)cc2[nH]c1=O. The Hall–Kier alpha value is -5.70. The number of carbonyl (C=O) groups is 1. The first-order chi connectivity index (χ1) is 32.2. The molecule has 4 fully saturated rings. The van der Waals surface area contributed by atoms with Crippen LogP contribution in [0.15, 0.2) is 71.8 Å². The van der Waals surface area contributed by atoms with Gasteiger partial charge in [-0.05, 0) is 105 Å². The molecule has 3 saturated heterocycles. The lowest BCUT2D eigenvalue weighted by Crippen LogP contribution is -2.50. The normalized spacial score (nSPS) is 20.6. The first-order valence-electron chi connectivity index (χ1n) is 23.5. The number of H-pyrrole nitrogens is 1. The van der Waals surface area contributed by atoms with Crippen molar-refractivity contribution in [1.29, 1.82) is 5.26 Å². The van der Waals surface area contributed by atoms with Gasteiger partial charge in [0.25, 0.3) is 11.5 Å². The number of aliphatic hydroxyl groups is 1. The molecule has 1 amide bonds. The van der Waals surface area contributed by atoms with Crippen LogP contribution in [0, 0.1) is 17.2 Å². The number of nitrogens with zero attached hydrogens (tertiary/aromatic N) is 10. The summed E-state index contributed by atoms with van der Waals surface area (Å²) in [6.07, 6.45) is 9.10. The Morgan fingerprint density at radius 2 is 1.65 bits per heavy atom. The largest absolute Gasteiger partial charge is 0.490 e. The van der Waals surface area contributed by atoms with E-state index in [-0.39, 0.29) is 23.6 Å². The van der Waals surface area contributed by atoms with Crippen molar-refractivity contribution < 1.29 is 14.6 Å². The maximum Gasteiger partial charge on any atom is 0.272 e. The van der Waals surface area contributed by atoms with Gasteiger partial charge in [0.2, 0.25) is 0 Å². The summed E-state index contributed by atoms with van der Waals surface area (Å²) in [5.41, 5.74) is 5.84. The van der Waals surface area contributed by atoms with Crippen molar-refractivity contribution in [2.24, 2.45) is 5.92 Å². The van der Waals surface area contributed by atoms with Gasteiger partial charge in [-0.15, -0.1) is 10.2 Å². The molecule has 0 radical (unpaired) electrons. The monoisotopic (exact) mass is 914 g/mol. The number of aryl methyl sites for hydroxylation is 1. The van der Waals surface area contributed by atoms with Crippen molar-refractivity contribution in [3.63, 3.8) is 0 Å². The van der Waals surface area contributed by atoms with Gasteiger partial charge in [-0.2, -0.15) is 5.26 Å². The third kappa shape index (κ3) is 10.9. The number of piperazine rings is 2. The van der Waals surface area contributed by atoms with E-state index < -0.39 is 6.23 Å². The Labute approximate surface area is 390 Å². The summed E-state index contributed by atoms with van der Waals surface area (Å²) in [7, 11) is 0. The standard InChI is InChI=1S/C49H59ClN12O4/c1-2-35-26-44-45(55-47(35)63)25-34(29-52-44)32-59-17-21-60(22-18-59)38-6-10-43(53-30-38)49(65)62-23-19-58(20-24-62)31-33-13-15-61(16-14-33)46-12-11-42(56-57-46)48(64)54-37-4-8-39(9-5-37)66-40-7-3-36(28-51)41(50)27-40/h3,6-7,10-12,25-27,29-30,33,37,39,48,54,64H,2,4-5,8-9,13-24,31-32H2,1H3,(H,55,63). The van der Waals surface area contributed by atoms with Crippen molar-refractivity contribution in [2.45, 2.75) is 76.8 Å². The molecule has 66 heavy (non-hydrogen) atoms. The summed E-state index contributed by atoms with van der Waals surface area (Å²) in [4.78, 5) is 49.5. The highest BCUT2D eigenvalue weighted by Gasteiger charge is 2.29. The van der Waals surface area contributed by atoms with Gasteiger partial charge in [-0.25, -0.2) is 4.98 Å². The summed E-state index contributed by atoms with van der Waals surface area (Å²) < 4.78 is 6.12. The highest BCUT2D eigenvalue weighted by Crippen LogP contribution is 2.29. The van der Waals surface area contributed by atoms with Gasteiger partial charge < -0.3 is 29.5 Å². The van der Waals surface area contributed by atoms with Crippen molar-refractivity contribution in [3.8, 4) is 11.8 Å². The maximum atomic E-state index is 13.5. The number of fused-ring (bicyclic) bond motifs is 1. The number of carbonyl (C=O) groups excluding carboxylic acids is 1. The van der Waals surface area contributed by atoms with Gasteiger partial charge in [-0.1, -0.05) is 18.5 Å². The molecule has 0 spiro atoms. The van der Waals surface area contributed by atoms with Gasteiger partial charge in [0.15, 0.2) is 5.82 Å². The quantitative estimate of drug-likeness (QED) is 0.132. The average molecular weight is 916 g/mol. The number of ether oxygens (including phenoxy) is 1. The highest BCUT2D eigenvalue weighted by molar-refractivity contribution is 6.31. The number of piperidine rings is 1. The second-order valence-corrected chi connectivity index (χ2v) is 18.6. The van der Waals surface area contributed by atoms with E-state index in [1.165, 1.54) is 0 Å². The minimum Gasteiger partial charge on any atom is -0.490 e. The van der Waals surface area contributed by atoms with Crippen LogP contribution in [-0.2, 0) is 13.0 Å².